The molecule has 1 amide bonds. The molecule has 0 bridgehead atoms. The number of anilines is 2. The smallest absolute Gasteiger partial charge is 0.288 e. The Labute approximate surface area is 200 Å². The van der Waals surface area contributed by atoms with Gasteiger partial charge in [0.25, 0.3) is 11.6 Å². The number of halogens is 1. The number of nitro benzene ring substituents is 1. The average Bonchev–Trinajstić information content (AvgIpc) is 2.80. The van der Waals surface area contributed by atoms with Crippen molar-refractivity contribution in [2.75, 3.05) is 10.2 Å². The van der Waals surface area contributed by atoms with Crippen molar-refractivity contribution in [2.45, 2.75) is 13.0 Å². The fourth-order valence-electron chi connectivity index (χ4n) is 3.74. The van der Waals surface area contributed by atoms with Crippen molar-refractivity contribution in [1.82, 2.24) is 5.32 Å². The van der Waals surface area contributed by atoms with Crippen molar-refractivity contribution in [3.8, 4) is 0 Å². The van der Waals surface area contributed by atoms with E-state index in [1.165, 1.54) is 12.1 Å². The number of allylic oxidation sites excluding steroid dienone is 1. The van der Waals surface area contributed by atoms with E-state index in [0.29, 0.717) is 27.6 Å². The SMILES string of the molecule is CC1=C(C(=O)Nc2ccccc2)C(c2ccc(Cl)c([N+](=O)[O-])c2)NC(=S)N1c1ccccc1. The van der Waals surface area contributed by atoms with Gasteiger partial charge in [0.15, 0.2) is 5.11 Å². The molecule has 7 nitrogen and oxygen atoms in total. The van der Waals surface area contributed by atoms with Crippen LogP contribution in [0.25, 0.3) is 0 Å². The van der Waals surface area contributed by atoms with Gasteiger partial charge in [-0.3, -0.25) is 19.8 Å². The molecule has 1 unspecified atom stereocenters. The second-order valence-electron chi connectivity index (χ2n) is 7.34. The van der Waals surface area contributed by atoms with E-state index in [0.717, 1.165) is 5.69 Å². The molecule has 3 aromatic carbocycles. The molecule has 166 valence electrons. The van der Waals surface area contributed by atoms with Gasteiger partial charge in [0.1, 0.15) is 5.02 Å². The standard InChI is InChI=1S/C24H19ClN4O3S/c1-15-21(23(30)26-17-8-4-2-5-9-17)22(16-12-13-19(25)20(14-16)29(31)32)27-24(33)28(15)18-10-6-3-7-11-18/h2-14,22H,1H3,(H,26,30)(H,27,33). The summed E-state index contributed by atoms with van der Waals surface area (Å²) in [5.41, 5.74) is 2.67. The molecule has 0 saturated heterocycles. The lowest BCUT2D eigenvalue weighted by Gasteiger charge is -2.38. The number of benzene rings is 3. The van der Waals surface area contributed by atoms with Crippen LogP contribution in [0.4, 0.5) is 17.1 Å². The molecule has 9 heteroatoms. The van der Waals surface area contributed by atoms with Gasteiger partial charge in [-0.1, -0.05) is 54.1 Å². The number of amides is 1. The van der Waals surface area contributed by atoms with Crippen LogP contribution in [0.2, 0.25) is 5.02 Å². The molecule has 0 saturated carbocycles. The Morgan fingerprint density at radius 3 is 2.36 bits per heavy atom. The van der Waals surface area contributed by atoms with Crippen LogP contribution < -0.4 is 15.5 Å². The largest absolute Gasteiger partial charge is 0.351 e. The summed E-state index contributed by atoms with van der Waals surface area (Å²) in [7, 11) is 0. The summed E-state index contributed by atoms with van der Waals surface area (Å²) in [6.45, 7) is 1.80. The minimum Gasteiger partial charge on any atom is -0.351 e. The van der Waals surface area contributed by atoms with Crippen LogP contribution in [0.5, 0.6) is 0 Å². The molecule has 3 aromatic rings. The fraction of sp³-hybridized carbons (Fsp3) is 0.0833. The summed E-state index contributed by atoms with van der Waals surface area (Å²) >= 11 is 11.6. The highest BCUT2D eigenvalue weighted by molar-refractivity contribution is 7.80. The number of nitrogens with one attached hydrogen (secondary N) is 2. The first kappa shape index (κ1) is 22.4. The number of thiocarbonyl (C=S) groups is 1. The van der Waals surface area contributed by atoms with Crippen LogP contribution in [0.3, 0.4) is 0 Å². The van der Waals surface area contributed by atoms with Crippen molar-refractivity contribution >= 4 is 51.9 Å². The summed E-state index contributed by atoms with van der Waals surface area (Å²) in [6, 6.07) is 22.2. The van der Waals surface area contributed by atoms with E-state index >= 15 is 0 Å². The average molecular weight is 479 g/mol. The Bertz CT molecular complexity index is 1270. The molecule has 4 rings (SSSR count). The number of nitro groups is 1. The molecule has 0 aromatic heterocycles. The summed E-state index contributed by atoms with van der Waals surface area (Å²) in [4.78, 5) is 26.2. The highest BCUT2D eigenvalue weighted by Crippen LogP contribution is 2.36. The molecule has 1 aliphatic heterocycles. The summed E-state index contributed by atoms with van der Waals surface area (Å²) in [5.74, 6) is -0.350. The molecule has 0 spiro atoms. The maximum Gasteiger partial charge on any atom is 0.288 e. The first-order chi connectivity index (χ1) is 15.9. The van der Waals surface area contributed by atoms with Gasteiger partial charge in [-0.2, -0.15) is 0 Å². The van der Waals surface area contributed by atoms with Crippen LogP contribution in [0.15, 0.2) is 90.1 Å². The monoisotopic (exact) mass is 478 g/mol. The maximum atomic E-state index is 13.5. The first-order valence-corrected chi connectivity index (χ1v) is 10.8. The van der Waals surface area contributed by atoms with Gasteiger partial charge in [-0.05, 0) is 55.0 Å². The van der Waals surface area contributed by atoms with E-state index in [4.69, 9.17) is 23.8 Å². The van der Waals surface area contributed by atoms with Gasteiger partial charge in [-0.25, -0.2) is 0 Å². The molecule has 0 radical (unpaired) electrons. The lowest BCUT2D eigenvalue weighted by atomic mass is 9.93. The molecular weight excluding hydrogens is 460 g/mol. The second-order valence-corrected chi connectivity index (χ2v) is 8.13. The summed E-state index contributed by atoms with van der Waals surface area (Å²) < 4.78 is 0. The van der Waals surface area contributed by atoms with E-state index in [1.54, 1.807) is 30.0 Å². The Morgan fingerprint density at radius 1 is 1.09 bits per heavy atom. The van der Waals surface area contributed by atoms with Crippen LogP contribution in [-0.2, 0) is 4.79 Å². The molecule has 0 fully saturated rings. The van der Waals surface area contributed by atoms with Gasteiger partial charge in [0.05, 0.1) is 16.5 Å². The quantitative estimate of drug-likeness (QED) is 0.282. The zero-order valence-corrected chi connectivity index (χ0v) is 19.1. The zero-order chi connectivity index (χ0) is 23.5. The van der Waals surface area contributed by atoms with Gasteiger partial charge in [0, 0.05) is 23.1 Å². The Kier molecular flexibility index (Phi) is 6.39. The summed E-state index contributed by atoms with van der Waals surface area (Å²) in [5, 5.41) is 17.9. The van der Waals surface area contributed by atoms with Gasteiger partial charge >= 0.3 is 0 Å². The molecule has 0 aliphatic carbocycles. The predicted molar refractivity (Wildman–Crippen MR) is 133 cm³/mol. The number of carbonyl (C=O) groups excluding carboxylic acids is 1. The lowest BCUT2D eigenvalue weighted by Crippen LogP contribution is -2.48. The van der Waals surface area contributed by atoms with Crippen LogP contribution >= 0.6 is 23.8 Å². The van der Waals surface area contributed by atoms with Gasteiger partial charge in [0.2, 0.25) is 0 Å². The third-order valence-electron chi connectivity index (χ3n) is 5.28. The number of carbonyl (C=O) groups is 1. The fourth-order valence-corrected chi connectivity index (χ4v) is 4.29. The van der Waals surface area contributed by atoms with E-state index < -0.39 is 11.0 Å². The van der Waals surface area contributed by atoms with Crippen molar-refractivity contribution in [3.05, 3.63) is 111 Å². The number of para-hydroxylation sites is 2. The lowest BCUT2D eigenvalue weighted by molar-refractivity contribution is -0.384. The van der Waals surface area contributed by atoms with Crippen molar-refractivity contribution in [1.29, 1.82) is 0 Å². The zero-order valence-electron chi connectivity index (χ0n) is 17.5. The molecule has 1 atom stereocenters. The Hall–Kier alpha value is -3.75. The molecule has 1 aliphatic rings. The number of nitrogens with zero attached hydrogens (tertiary/aromatic N) is 2. The van der Waals surface area contributed by atoms with Crippen molar-refractivity contribution in [2.24, 2.45) is 0 Å². The first-order valence-electron chi connectivity index (χ1n) is 10.0. The van der Waals surface area contributed by atoms with E-state index in [-0.39, 0.29) is 16.6 Å². The molecule has 1 heterocycles. The van der Waals surface area contributed by atoms with Gasteiger partial charge in [-0.15, -0.1) is 0 Å². The number of rotatable bonds is 5. The predicted octanol–water partition coefficient (Wildman–Crippen LogP) is 5.60. The second kappa shape index (κ2) is 9.40. The third kappa shape index (κ3) is 4.57. The van der Waals surface area contributed by atoms with Crippen LogP contribution in [0, 0.1) is 10.1 Å². The highest BCUT2D eigenvalue weighted by atomic mass is 35.5. The Balaban J connectivity index is 1.84. The maximum absolute atomic E-state index is 13.5. The highest BCUT2D eigenvalue weighted by Gasteiger charge is 2.35. The normalized spacial score (nSPS) is 15.8. The van der Waals surface area contributed by atoms with E-state index in [2.05, 4.69) is 10.6 Å². The van der Waals surface area contributed by atoms with Crippen molar-refractivity contribution < 1.29 is 9.72 Å². The molecular formula is C24H19ClN4O3S. The van der Waals surface area contributed by atoms with Gasteiger partial charge < -0.3 is 10.6 Å². The van der Waals surface area contributed by atoms with Crippen LogP contribution in [0.1, 0.15) is 18.5 Å². The summed E-state index contributed by atoms with van der Waals surface area (Å²) in [6.07, 6.45) is 0. The third-order valence-corrected chi connectivity index (χ3v) is 5.90. The number of hydrogen-bond acceptors (Lipinski definition) is 4. The van der Waals surface area contributed by atoms with E-state index in [9.17, 15) is 14.9 Å². The topological polar surface area (TPSA) is 87.5 Å². The van der Waals surface area contributed by atoms with Crippen molar-refractivity contribution in [3.63, 3.8) is 0 Å². The number of hydrogen-bond donors (Lipinski definition) is 2. The Morgan fingerprint density at radius 2 is 1.73 bits per heavy atom. The van der Waals surface area contributed by atoms with Crippen LogP contribution in [-0.4, -0.2) is 15.9 Å². The molecule has 2 N–H and O–H groups in total. The molecule has 33 heavy (non-hydrogen) atoms. The minimum absolute atomic E-state index is 0.0176. The van der Waals surface area contributed by atoms with E-state index in [1.807, 2.05) is 48.5 Å². The minimum atomic E-state index is -0.711.